The number of benzene rings is 2. The van der Waals surface area contributed by atoms with Gasteiger partial charge in [-0.25, -0.2) is 9.59 Å². The second-order valence-electron chi connectivity index (χ2n) is 17.7. The van der Waals surface area contributed by atoms with Crippen LogP contribution in [0.2, 0.25) is 0 Å². The van der Waals surface area contributed by atoms with Gasteiger partial charge in [-0.05, 0) is 83.6 Å². The Labute approximate surface area is 373 Å². The molecule has 2 aromatic rings. The number of nitro groups is 1. The van der Waals surface area contributed by atoms with Gasteiger partial charge in [0.2, 0.25) is 17.7 Å². The molecular formula is C45H63N5O14. The van der Waals surface area contributed by atoms with E-state index in [-0.39, 0.29) is 75.4 Å². The number of nitrogens with one attached hydrogen (secondary N) is 3. The fraction of sp³-hybridized carbons (Fsp3) is 0.556. The minimum absolute atomic E-state index is 0.0455. The minimum Gasteiger partial charge on any atom is -0.460 e. The summed E-state index contributed by atoms with van der Waals surface area (Å²) in [6.45, 7) is 12.9. The highest BCUT2D eigenvalue weighted by molar-refractivity contribution is 5.95. The molecule has 0 unspecified atom stereocenters. The quantitative estimate of drug-likeness (QED) is 0.0408. The zero-order valence-corrected chi connectivity index (χ0v) is 38.4. The van der Waals surface area contributed by atoms with Crippen LogP contribution in [0.15, 0.2) is 48.5 Å². The van der Waals surface area contributed by atoms with E-state index in [4.69, 9.17) is 18.9 Å². The third-order valence-electron chi connectivity index (χ3n) is 9.20. The van der Waals surface area contributed by atoms with E-state index in [0.29, 0.717) is 11.1 Å². The predicted molar refractivity (Wildman–Crippen MR) is 233 cm³/mol. The second kappa shape index (κ2) is 25.0. The number of rotatable bonds is 23. The normalized spacial score (nSPS) is 12.7. The van der Waals surface area contributed by atoms with Crippen LogP contribution in [0.1, 0.15) is 105 Å². The fourth-order valence-corrected chi connectivity index (χ4v) is 5.85. The highest BCUT2D eigenvalue weighted by Gasteiger charge is 2.33. The number of ketones is 2. The molecule has 0 saturated carbocycles. The number of carbonyl (C=O) groups is 8. The number of non-ortho nitro benzene ring substituents is 1. The van der Waals surface area contributed by atoms with Crippen molar-refractivity contribution < 1.29 is 62.2 Å². The monoisotopic (exact) mass is 897 g/mol. The van der Waals surface area contributed by atoms with E-state index in [2.05, 4.69) is 16.0 Å². The molecule has 19 nitrogen and oxygen atoms in total. The van der Waals surface area contributed by atoms with Gasteiger partial charge in [-0.3, -0.25) is 38.9 Å². The van der Waals surface area contributed by atoms with Gasteiger partial charge >= 0.3 is 18.2 Å². The molecule has 64 heavy (non-hydrogen) atoms. The summed E-state index contributed by atoms with van der Waals surface area (Å²) in [6, 6.07) is 8.85. The molecule has 4 amide bonds. The smallest absolute Gasteiger partial charge is 0.460 e. The number of hydrogen-bond donors (Lipinski definition) is 3. The predicted octanol–water partition coefficient (Wildman–Crippen LogP) is 5.53. The number of alkyl carbamates (subject to hydrolysis) is 1. The molecule has 0 aliphatic rings. The molecule has 0 aliphatic carbocycles. The van der Waals surface area contributed by atoms with Crippen LogP contribution >= 0.6 is 0 Å². The maximum Gasteiger partial charge on any atom is 0.514 e. The minimum atomic E-state index is -1.28. The van der Waals surface area contributed by atoms with E-state index in [1.807, 2.05) is 0 Å². The number of esters is 1. The molecular weight excluding hydrogens is 835 g/mol. The lowest BCUT2D eigenvalue weighted by molar-refractivity contribution is -0.384. The van der Waals surface area contributed by atoms with Crippen LogP contribution in [0.4, 0.5) is 15.3 Å². The molecule has 3 N–H and O–H groups in total. The van der Waals surface area contributed by atoms with E-state index in [9.17, 15) is 48.5 Å². The largest absolute Gasteiger partial charge is 0.514 e. The second-order valence-corrected chi connectivity index (χ2v) is 17.7. The van der Waals surface area contributed by atoms with Gasteiger partial charge in [0, 0.05) is 70.8 Å². The summed E-state index contributed by atoms with van der Waals surface area (Å²) in [7, 11) is 3.20. The molecule has 19 heteroatoms. The molecule has 2 aromatic carbocycles. The van der Waals surface area contributed by atoms with Crippen LogP contribution in [0, 0.1) is 22.0 Å². The Bertz CT molecular complexity index is 1950. The van der Waals surface area contributed by atoms with Crippen molar-refractivity contribution in [2.24, 2.45) is 11.8 Å². The van der Waals surface area contributed by atoms with Crippen molar-refractivity contribution in [3.8, 4) is 5.75 Å². The van der Waals surface area contributed by atoms with Crippen molar-refractivity contribution >= 4 is 53.2 Å². The molecule has 0 saturated heterocycles. The molecule has 0 spiro atoms. The van der Waals surface area contributed by atoms with Crippen LogP contribution in [-0.4, -0.2) is 101 Å². The molecule has 3 atom stereocenters. The summed E-state index contributed by atoms with van der Waals surface area (Å²) in [6.07, 6.45) is -2.48. The van der Waals surface area contributed by atoms with Gasteiger partial charge < -0.3 is 39.8 Å². The Balaban J connectivity index is 2.22. The number of ether oxygens (including phenoxy) is 4. The summed E-state index contributed by atoms with van der Waals surface area (Å²) in [5, 5.41) is 18.8. The highest BCUT2D eigenvalue weighted by atomic mass is 16.7. The summed E-state index contributed by atoms with van der Waals surface area (Å²) in [5.74, 6) is -4.37. The average molecular weight is 898 g/mol. The Morgan fingerprint density at radius 1 is 0.750 bits per heavy atom. The lowest BCUT2D eigenvalue weighted by Gasteiger charge is -2.27. The van der Waals surface area contributed by atoms with Gasteiger partial charge in [0.1, 0.15) is 29.6 Å². The zero-order valence-electron chi connectivity index (χ0n) is 38.4. The van der Waals surface area contributed by atoms with Crippen molar-refractivity contribution in [2.45, 2.75) is 130 Å². The molecule has 0 bridgehead atoms. The van der Waals surface area contributed by atoms with E-state index >= 15 is 0 Å². The van der Waals surface area contributed by atoms with Gasteiger partial charge in [-0.15, -0.1) is 0 Å². The van der Waals surface area contributed by atoms with Gasteiger partial charge in [0.25, 0.3) is 5.69 Å². The SMILES string of the molecule is CC(C)[C@H](CC(=O)[C@H](CCC(=O)OC(C)(C)C)NC(=O)CCCC(=O)N(C)C)C(=O)N[C@@H](CNC(=O)OC(C)(C)C)C(=O)Cc1ccc(COC(=O)Oc2ccc([N+](=O)[O-])cc2)cc1. The van der Waals surface area contributed by atoms with Gasteiger partial charge in [0.05, 0.1) is 11.0 Å². The number of amides is 4. The van der Waals surface area contributed by atoms with E-state index in [0.717, 1.165) is 0 Å². The number of nitro benzene ring substituents is 1. The first-order chi connectivity index (χ1) is 29.7. The molecule has 0 aromatic heterocycles. The third-order valence-corrected chi connectivity index (χ3v) is 9.20. The Morgan fingerprint density at radius 2 is 1.34 bits per heavy atom. The van der Waals surface area contributed by atoms with E-state index in [1.165, 1.54) is 29.2 Å². The lowest BCUT2D eigenvalue weighted by atomic mass is 9.86. The summed E-state index contributed by atoms with van der Waals surface area (Å²) >= 11 is 0. The first-order valence-electron chi connectivity index (χ1n) is 20.9. The van der Waals surface area contributed by atoms with Crippen LogP contribution in [0.5, 0.6) is 5.75 Å². The number of Topliss-reactive ketones (excluding diaryl/α,β-unsaturated/α-hetero) is 2. The van der Waals surface area contributed by atoms with Crippen LogP contribution in [0.3, 0.4) is 0 Å². The van der Waals surface area contributed by atoms with Gasteiger partial charge in [-0.1, -0.05) is 38.1 Å². The molecule has 0 aliphatic heterocycles. The summed E-state index contributed by atoms with van der Waals surface area (Å²) in [5.41, 5.74) is -0.767. The van der Waals surface area contributed by atoms with Crippen LogP contribution in [-0.2, 0) is 56.0 Å². The molecule has 352 valence electrons. The van der Waals surface area contributed by atoms with Gasteiger partial charge in [-0.2, -0.15) is 0 Å². The molecule has 2 rings (SSSR count). The maximum atomic E-state index is 14.0. The Hall–Kier alpha value is -6.40. The van der Waals surface area contributed by atoms with E-state index in [1.54, 1.807) is 93.8 Å². The van der Waals surface area contributed by atoms with Crippen molar-refractivity contribution in [2.75, 3.05) is 20.6 Å². The Morgan fingerprint density at radius 3 is 1.89 bits per heavy atom. The molecule has 0 radical (unpaired) electrons. The van der Waals surface area contributed by atoms with Crippen molar-refractivity contribution in [3.63, 3.8) is 0 Å². The van der Waals surface area contributed by atoms with Crippen LogP contribution in [0.25, 0.3) is 0 Å². The van der Waals surface area contributed by atoms with Gasteiger partial charge in [0.15, 0.2) is 11.6 Å². The summed E-state index contributed by atoms with van der Waals surface area (Å²) < 4.78 is 20.9. The first kappa shape index (κ1) is 53.7. The van der Waals surface area contributed by atoms with Crippen molar-refractivity contribution in [1.29, 1.82) is 0 Å². The third kappa shape index (κ3) is 21.1. The molecule has 0 heterocycles. The average Bonchev–Trinajstić information content (AvgIpc) is 3.18. The van der Waals surface area contributed by atoms with Crippen molar-refractivity contribution in [3.05, 3.63) is 69.8 Å². The zero-order chi connectivity index (χ0) is 48.4. The number of hydrogen-bond acceptors (Lipinski definition) is 14. The number of carbonyl (C=O) groups excluding carboxylic acids is 8. The lowest BCUT2D eigenvalue weighted by Crippen LogP contribution is -2.52. The standard InChI is InChI=1S/C45H63N5O14/c1-28(2)33(25-37(52)34(22-23-40(55)63-44(3,4)5)47-38(53)12-11-13-39(54)49(9)10)41(56)48-35(26-46-42(57)64-45(6,7)8)36(51)24-29-14-16-30(17-15-29)27-61-43(58)62-32-20-18-31(19-21-32)50(59)60/h14-21,28,33-35H,11-13,22-27H2,1-10H3,(H,46,57)(H,47,53)(H,48,56)/t33-,34-,35-/m0/s1. The highest BCUT2D eigenvalue weighted by Crippen LogP contribution is 2.21. The van der Waals surface area contributed by atoms with E-state index < -0.39 is 81.6 Å². The fourth-order valence-electron chi connectivity index (χ4n) is 5.85. The van der Waals surface area contributed by atoms with Crippen molar-refractivity contribution in [1.82, 2.24) is 20.9 Å². The first-order valence-corrected chi connectivity index (χ1v) is 20.9. The maximum absolute atomic E-state index is 14.0. The van der Waals surface area contributed by atoms with Crippen LogP contribution < -0.4 is 20.7 Å². The molecule has 0 fully saturated rings. The number of nitrogens with zero attached hydrogens (tertiary/aromatic N) is 2. The topological polar surface area (TPSA) is 256 Å². The summed E-state index contributed by atoms with van der Waals surface area (Å²) in [4.78, 5) is 116. The Kier molecular flexibility index (Phi) is 21.0.